The minimum Gasteiger partial charge on any atom is -0.342 e. The molecule has 0 unspecified atom stereocenters. The Bertz CT molecular complexity index is 1280. The minimum absolute atomic E-state index is 0.0765. The summed E-state index contributed by atoms with van der Waals surface area (Å²) in [6, 6.07) is 22.1. The molecule has 3 aromatic carbocycles. The second-order valence-corrected chi connectivity index (χ2v) is 8.58. The highest BCUT2D eigenvalue weighted by Gasteiger charge is 2.20. The summed E-state index contributed by atoms with van der Waals surface area (Å²) in [6.45, 7) is 3.93. The second-order valence-electron chi connectivity index (χ2n) is 7.66. The number of hydrogen-bond donors (Lipinski definition) is 2. The number of nitrogens with zero attached hydrogens (tertiary/aromatic N) is 2. The molecule has 4 aromatic rings. The predicted octanol–water partition coefficient (Wildman–Crippen LogP) is 5.24. The lowest BCUT2D eigenvalue weighted by Gasteiger charge is -2.16. The number of imidazole rings is 1. The van der Waals surface area contributed by atoms with E-state index in [0.29, 0.717) is 17.1 Å². The molecule has 4 rings (SSSR count). The molecule has 0 aliphatic carbocycles. The monoisotopic (exact) mass is 490 g/mol. The molecule has 2 N–H and O–H groups in total. The van der Waals surface area contributed by atoms with Gasteiger partial charge in [-0.15, -0.1) is 0 Å². The van der Waals surface area contributed by atoms with Crippen molar-refractivity contribution in [1.82, 2.24) is 14.9 Å². The fraction of sp³-hybridized carbons (Fsp3) is 0.160. The average Bonchev–Trinajstić information content (AvgIpc) is 3.12. The van der Waals surface area contributed by atoms with E-state index in [1.807, 2.05) is 79.1 Å². The van der Waals surface area contributed by atoms with Crippen LogP contribution in [0.15, 0.2) is 77.3 Å². The van der Waals surface area contributed by atoms with Gasteiger partial charge in [-0.1, -0.05) is 51.8 Å². The molecule has 7 heteroatoms. The van der Waals surface area contributed by atoms with Crippen molar-refractivity contribution < 1.29 is 9.59 Å². The summed E-state index contributed by atoms with van der Waals surface area (Å²) in [5.74, 6) is 0.260. The number of benzene rings is 3. The van der Waals surface area contributed by atoms with Crippen LogP contribution in [-0.4, -0.2) is 21.4 Å². The molecule has 0 fully saturated rings. The molecule has 162 valence electrons. The van der Waals surface area contributed by atoms with Crippen molar-refractivity contribution in [3.05, 3.63) is 94.2 Å². The number of anilines is 1. The molecular formula is C25H23BrN4O2. The molecule has 0 aliphatic rings. The lowest BCUT2D eigenvalue weighted by atomic mass is 10.1. The lowest BCUT2D eigenvalue weighted by Crippen LogP contribution is -2.30. The predicted molar refractivity (Wildman–Crippen MR) is 130 cm³/mol. The van der Waals surface area contributed by atoms with E-state index in [1.54, 1.807) is 12.1 Å². The zero-order chi connectivity index (χ0) is 22.7. The molecule has 0 radical (unpaired) electrons. The molecule has 32 heavy (non-hydrogen) atoms. The Hall–Kier alpha value is -3.45. The van der Waals surface area contributed by atoms with E-state index in [1.165, 1.54) is 0 Å². The molecule has 1 aromatic heterocycles. The largest absolute Gasteiger partial charge is 0.342 e. The Labute approximate surface area is 194 Å². The van der Waals surface area contributed by atoms with Crippen molar-refractivity contribution >= 4 is 44.5 Å². The van der Waals surface area contributed by atoms with Crippen LogP contribution >= 0.6 is 15.9 Å². The van der Waals surface area contributed by atoms with Crippen LogP contribution in [0.2, 0.25) is 0 Å². The lowest BCUT2D eigenvalue weighted by molar-refractivity contribution is -0.116. The highest BCUT2D eigenvalue weighted by molar-refractivity contribution is 9.10. The highest BCUT2D eigenvalue weighted by Crippen LogP contribution is 2.22. The SMILES string of the molecule is Cc1ccc(C(=O)N[C@H](C)c2nc3ccccc3n2CC(=O)Nc2cccc(Br)c2)cc1. The Morgan fingerprint density at radius 3 is 2.53 bits per heavy atom. The summed E-state index contributed by atoms with van der Waals surface area (Å²) in [7, 11) is 0. The molecule has 2 amide bonds. The number of aromatic nitrogens is 2. The van der Waals surface area contributed by atoms with Gasteiger partial charge in [-0.3, -0.25) is 9.59 Å². The van der Waals surface area contributed by atoms with Gasteiger partial charge in [0, 0.05) is 15.7 Å². The third-order valence-electron chi connectivity index (χ3n) is 5.14. The summed E-state index contributed by atoms with van der Waals surface area (Å²) in [4.78, 5) is 30.3. The first-order valence-corrected chi connectivity index (χ1v) is 11.1. The second kappa shape index (κ2) is 9.36. The van der Waals surface area contributed by atoms with E-state index in [9.17, 15) is 9.59 Å². The number of fused-ring (bicyclic) bond motifs is 1. The van der Waals surface area contributed by atoms with E-state index < -0.39 is 6.04 Å². The normalized spacial score (nSPS) is 11.8. The molecule has 0 saturated carbocycles. The van der Waals surface area contributed by atoms with Gasteiger partial charge in [0.2, 0.25) is 5.91 Å². The molecule has 0 aliphatic heterocycles. The Kier molecular flexibility index (Phi) is 6.37. The first-order valence-electron chi connectivity index (χ1n) is 10.3. The van der Waals surface area contributed by atoms with Crippen molar-refractivity contribution in [3.8, 4) is 0 Å². The smallest absolute Gasteiger partial charge is 0.251 e. The number of amides is 2. The maximum absolute atomic E-state index is 12.8. The number of rotatable bonds is 6. The van der Waals surface area contributed by atoms with Crippen molar-refractivity contribution in [2.24, 2.45) is 0 Å². The summed E-state index contributed by atoms with van der Waals surface area (Å²) in [6.07, 6.45) is 0. The summed E-state index contributed by atoms with van der Waals surface area (Å²) >= 11 is 3.42. The first-order chi connectivity index (χ1) is 15.4. The fourth-order valence-electron chi connectivity index (χ4n) is 3.55. The van der Waals surface area contributed by atoms with E-state index in [-0.39, 0.29) is 18.4 Å². The summed E-state index contributed by atoms with van der Waals surface area (Å²) in [5, 5.41) is 5.92. The van der Waals surface area contributed by atoms with E-state index in [0.717, 1.165) is 21.1 Å². The standard InChI is InChI=1S/C25H23BrN4O2/c1-16-10-12-18(13-11-16)25(32)27-17(2)24-29-21-8-3-4-9-22(21)30(24)15-23(31)28-20-7-5-6-19(26)14-20/h3-14,17H,15H2,1-2H3,(H,27,32)(H,28,31)/t17-/m1/s1. The van der Waals surface area contributed by atoms with Crippen LogP contribution in [0.25, 0.3) is 11.0 Å². The van der Waals surface area contributed by atoms with Gasteiger partial charge in [-0.2, -0.15) is 0 Å². The molecular weight excluding hydrogens is 468 g/mol. The van der Waals surface area contributed by atoms with Gasteiger partial charge in [0.05, 0.1) is 17.1 Å². The molecule has 0 saturated heterocycles. The van der Waals surface area contributed by atoms with Gasteiger partial charge in [-0.25, -0.2) is 4.98 Å². The van der Waals surface area contributed by atoms with Crippen molar-refractivity contribution in [1.29, 1.82) is 0 Å². The van der Waals surface area contributed by atoms with Crippen LogP contribution in [0, 0.1) is 6.92 Å². The third-order valence-corrected chi connectivity index (χ3v) is 5.64. The third kappa shape index (κ3) is 4.89. The van der Waals surface area contributed by atoms with Crippen LogP contribution in [0.1, 0.15) is 34.7 Å². The van der Waals surface area contributed by atoms with Gasteiger partial charge in [-0.05, 0) is 56.3 Å². The topological polar surface area (TPSA) is 76.0 Å². The van der Waals surface area contributed by atoms with Crippen LogP contribution in [-0.2, 0) is 11.3 Å². The zero-order valence-corrected chi connectivity index (χ0v) is 19.4. The number of carbonyl (C=O) groups excluding carboxylic acids is 2. The Morgan fingerprint density at radius 1 is 1.03 bits per heavy atom. The highest BCUT2D eigenvalue weighted by atomic mass is 79.9. The van der Waals surface area contributed by atoms with Gasteiger partial charge < -0.3 is 15.2 Å². The van der Waals surface area contributed by atoms with Crippen LogP contribution < -0.4 is 10.6 Å². The number of carbonyl (C=O) groups is 2. The van der Waals surface area contributed by atoms with Crippen LogP contribution in [0.3, 0.4) is 0 Å². The molecule has 0 bridgehead atoms. The van der Waals surface area contributed by atoms with Gasteiger partial charge in [0.15, 0.2) is 0 Å². The van der Waals surface area contributed by atoms with Gasteiger partial charge in [0.1, 0.15) is 12.4 Å². The zero-order valence-electron chi connectivity index (χ0n) is 17.8. The number of nitrogens with one attached hydrogen (secondary N) is 2. The van der Waals surface area contributed by atoms with Gasteiger partial charge >= 0.3 is 0 Å². The summed E-state index contributed by atoms with van der Waals surface area (Å²) in [5.41, 5.74) is 3.99. The van der Waals surface area contributed by atoms with Gasteiger partial charge in [0.25, 0.3) is 5.91 Å². The van der Waals surface area contributed by atoms with Crippen molar-refractivity contribution in [2.75, 3.05) is 5.32 Å². The number of para-hydroxylation sites is 2. The van der Waals surface area contributed by atoms with Crippen LogP contribution in [0.4, 0.5) is 5.69 Å². The van der Waals surface area contributed by atoms with Crippen molar-refractivity contribution in [2.45, 2.75) is 26.4 Å². The average molecular weight is 491 g/mol. The maximum atomic E-state index is 12.8. The number of halogens is 1. The van der Waals surface area contributed by atoms with E-state index >= 15 is 0 Å². The minimum atomic E-state index is -0.394. The molecule has 1 heterocycles. The Balaban J connectivity index is 1.58. The molecule has 0 spiro atoms. The van der Waals surface area contributed by atoms with E-state index in [4.69, 9.17) is 4.98 Å². The quantitative estimate of drug-likeness (QED) is 0.388. The molecule has 1 atom stereocenters. The van der Waals surface area contributed by atoms with Crippen molar-refractivity contribution in [3.63, 3.8) is 0 Å². The first kappa shape index (κ1) is 21.8. The fourth-order valence-corrected chi connectivity index (χ4v) is 3.95. The number of aryl methyl sites for hydroxylation is 1. The maximum Gasteiger partial charge on any atom is 0.251 e. The molecule has 6 nitrogen and oxygen atoms in total. The summed E-state index contributed by atoms with van der Waals surface area (Å²) < 4.78 is 2.74. The Morgan fingerprint density at radius 2 is 1.78 bits per heavy atom. The number of hydrogen-bond acceptors (Lipinski definition) is 3. The van der Waals surface area contributed by atoms with Crippen LogP contribution in [0.5, 0.6) is 0 Å². The van der Waals surface area contributed by atoms with E-state index in [2.05, 4.69) is 26.6 Å².